The lowest BCUT2D eigenvalue weighted by molar-refractivity contribution is 0.451. The Balaban J connectivity index is 0.000000346. The molecule has 1 N–H and O–H groups in total. The number of halogens is 1. The fraction of sp³-hybridized carbons (Fsp3) is 0.350. The van der Waals surface area contributed by atoms with E-state index in [0.717, 1.165) is 0 Å². The van der Waals surface area contributed by atoms with E-state index in [-0.39, 0.29) is 5.71 Å². The molecule has 0 radical (unpaired) electrons. The lowest BCUT2D eigenvalue weighted by Crippen LogP contribution is -2.03. The van der Waals surface area contributed by atoms with Gasteiger partial charge in [0.2, 0.25) is 0 Å². The molecule has 2 aromatic rings. The minimum absolute atomic E-state index is 0.0926. The number of alkyl halides is 1. The molecule has 0 aliphatic heterocycles. The maximum atomic E-state index is 11.6. The third kappa shape index (κ3) is 6.21. The summed E-state index contributed by atoms with van der Waals surface area (Å²) in [5.74, 6) is 0.549. The average Bonchev–Trinajstić information content (AvgIpc) is 2.55. The minimum atomic E-state index is -1.06. The summed E-state index contributed by atoms with van der Waals surface area (Å²) in [6.07, 6.45) is 1.37. The quantitative estimate of drug-likeness (QED) is 0.654. The molecule has 22 heavy (non-hydrogen) atoms. The number of hydrogen-bond acceptors (Lipinski definition) is 1. The smallest absolute Gasteiger partial charge is 0.134 e. The van der Waals surface area contributed by atoms with Crippen LogP contribution in [0.4, 0.5) is 4.39 Å². The SMILES string of the molecule is CC(=N)C(C)F.CCCC(c1ccccc1)c1ccccc1. The summed E-state index contributed by atoms with van der Waals surface area (Å²) >= 11 is 0. The van der Waals surface area contributed by atoms with Crippen molar-refractivity contribution in [2.24, 2.45) is 0 Å². The summed E-state index contributed by atoms with van der Waals surface area (Å²) in [6, 6.07) is 21.6. The summed E-state index contributed by atoms with van der Waals surface area (Å²) in [5, 5.41) is 6.57. The van der Waals surface area contributed by atoms with Gasteiger partial charge in [0.15, 0.2) is 0 Å². The molecule has 0 aliphatic carbocycles. The molecule has 0 saturated carbocycles. The normalized spacial score (nSPS) is 11.5. The van der Waals surface area contributed by atoms with Gasteiger partial charge in [0, 0.05) is 11.6 Å². The summed E-state index contributed by atoms with van der Waals surface area (Å²) in [7, 11) is 0. The van der Waals surface area contributed by atoms with Crippen LogP contribution in [0.3, 0.4) is 0 Å². The summed E-state index contributed by atoms with van der Waals surface area (Å²) in [5.41, 5.74) is 2.95. The Hall–Kier alpha value is -1.96. The molecule has 2 rings (SSSR count). The van der Waals surface area contributed by atoms with Gasteiger partial charge in [-0.15, -0.1) is 0 Å². The third-order valence-corrected chi connectivity index (χ3v) is 3.58. The van der Waals surface area contributed by atoms with Gasteiger partial charge in [-0.3, -0.25) is 0 Å². The molecule has 0 saturated heterocycles. The molecule has 0 aliphatic rings. The first-order valence-electron chi connectivity index (χ1n) is 7.85. The van der Waals surface area contributed by atoms with Gasteiger partial charge in [-0.25, -0.2) is 4.39 Å². The maximum absolute atomic E-state index is 11.6. The number of hydrogen-bond donors (Lipinski definition) is 1. The van der Waals surface area contributed by atoms with Crippen molar-refractivity contribution in [3.8, 4) is 0 Å². The summed E-state index contributed by atoms with van der Waals surface area (Å²) in [4.78, 5) is 0. The molecule has 0 fully saturated rings. The zero-order chi connectivity index (χ0) is 16.4. The Morgan fingerprint density at radius 1 is 0.955 bits per heavy atom. The van der Waals surface area contributed by atoms with E-state index in [1.54, 1.807) is 0 Å². The zero-order valence-electron chi connectivity index (χ0n) is 13.7. The predicted molar refractivity (Wildman–Crippen MR) is 93.6 cm³/mol. The molecule has 0 aromatic heterocycles. The fourth-order valence-electron chi connectivity index (χ4n) is 2.19. The number of benzene rings is 2. The van der Waals surface area contributed by atoms with Gasteiger partial charge in [0.05, 0.1) is 0 Å². The summed E-state index contributed by atoms with van der Waals surface area (Å²) < 4.78 is 11.6. The van der Waals surface area contributed by atoms with Crippen LogP contribution in [-0.2, 0) is 0 Å². The second-order valence-electron chi connectivity index (χ2n) is 5.46. The lowest BCUT2D eigenvalue weighted by Gasteiger charge is -2.17. The van der Waals surface area contributed by atoms with Crippen molar-refractivity contribution in [2.45, 2.75) is 45.7 Å². The van der Waals surface area contributed by atoms with E-state index in [4.69, 9.17) is 5.41 Å². The molecule has 1 unspecified atom stereocenters. The minimum Gasteiger partial charge on any atom is -0.307 e. The highest BCUT2D eigenvalue weighted by molar-refractivity contribution is 5.82. The first-order valence-corrected chi connectivity index (χ1v) is 7.85. The second kappa shape index (κ2) is 9.88. The molecule has 1 nitrogen and oxygen atoms in total. The van der Waals surface area contributed by atoms with E-state index >= 15 is 0 Å². The maximum Gasteiger partial charge on any atom is 0.134 e. The Morgan fingerprint density at radius 2 is 1.32 bits per heavy atom. The van der Waals surface area contributed by atoms with E-state index in [1.165, 1.54) is 37.8 Å². The van der Waals surface area contributed by atoms with Crippen molar-refractivity contribution in [1.29, 1.82) is 5.41 Å². The molecular weight excluding hydrogens is 273 g/mol. The van der Waals surface area contributed by atoms with Crippen LogP contribution in [0.25, 0.3) is 0 Å². The number of rotatable bonds is 5. The lowest BCUT2D eigenvalue weighted by atomic mass is 9.88. The monoisotopic (exact) mass is 299 g/mol. The van der Waals surface area contributed by atoms with Gasteiger partial charge in [-0.2, -0.15) is 0 Å². The Labute approximate surface area is 133 Å². The average molecular weight is 299 g/mol. The van der Waals surface area contributed by atoms with Crippen molar-refractivity contribution >= 4 is 5.71 Å². The van der Waals surface area contributed by atoms with Crippen molar-refractivity contribution in [1.82, 2.24) is 0 Å². The van der Waals surface area contributed by atoms with Crippen molar-refractivity contribution in [3.05, 3.63) is 71.8 Å². The zero-order valence-corrected chi connectivity index (χ0v) is 13.7. The van der Waals surface area contributed by atoms with Gasteiger partial charge in [0.25, 0.3) is 0 Å². The van der Waals surface area contributed by atoms with E-state index in [9.17, 15) is 4.39 Å². The molecular formula is C20H26FN. The van der Waals surface area contributed by atoms with Crippen LogP contribution in [-0.4, -0.2) is 11.9 Å². The van der Waals surface area contributed by atoms with Crippen LogP contribution in [0.15, 0.2) is 60.7 Å². The summed E-state index contributed by atoms with van der Waals surface area (Å²) in [6.45, 7) is 5.05. The van der Waals surface area contributed by atoms with Crippen molar-refractivity contribution in [2.75, 3.05) is 0 Å². The van der Waals surface area contributed by atoms with Crippen molar-refractivity contribution in [3.63, 3.8) is 0 Å². The highest BCUT2D eigenvalue weighted by Crippen LogP contribution is 2.28. The Morgan fingerprint density at radius 3 is 1.59 bits per heavy atom. The van der Waals surface area contributed by atoms with Gasteiger partial charge < -0.3 is 5.41 Å². The van der Waals surface area contributed by atoms with Crippen LogP contribution < -0.4 is 0 Å². The van der Waals surface area contributed by atoms with Gasteiger partial charge in [-0.05, 0) is 31.4 Å². The number of nitrogens with one attached hydrogen (secondary N) is 1. The third-order valence-electron chi connectivity index (χ3n) is 3.58. The first kappa shape index (κ1) is 18.1. The van der Waals surface area contributed by atoms with Crippen LogP contribution in [0, 0.1) is 5.41 Å². The van der Waals surface area contributed by atoms with Gasteiger partial charge in [0.1, 0.15) is 6.17 Å². The highest BCUT2D eigenvalue weighted by atomic mass is 19.1. The molecule has 1 atom stereocenters. The van der Waals surface area contributed by atoms with E-state index < -0.39 is 6.17 Å². The van der Waals surface area contributed by atoms with Crippen LogP contribution >= 0.6 is 0 Å². The van der Waals surface area contributed by atoms with Crippen molar-refractivity contribution < 1.29 is 4.39 Å². The predicted octanol–water partition coefficient (Wildman–Crippen LogP) is 6.00. The van der Waals surface area contributed by atoms with Crippen LogP contribution in [0.1, 0.15) is 50.7 Å². The van der Waals surface area contributed by atoms with Crippen LogP contribution in [0.2, 0.25) is 0 Å². The standard InChI is InChI=1S/C16H18.C4H8FN/c1-2-9-16(14-10-5-3-6-11-14)15-12-7-4-8-13-15;1-3(5)4(2)6/h3-8,10-13,16H,2,9H2,1H3;3,6H,1-2H3. The molecule has 0 bridgehead atoms. The van der Waals surface area contributed by atoms with E-state index in [1.807, 2.05) is 0 Å². The Bertz CT molecular complexity index is 495. The van der Waals surface area contributed by atoms with Crippen LogP contribution in [0.5, 0.6) is 0 Å². The van der Waals surface area contributed by atoms with Gasteiger partial charge >= 0.3 is 0 Å². The molecule has 2 aromatic carbocycles. The molecule has 0 heterocycles. The van der Waals surface area contributed by atoms with E-state index in [2.05, 4.69) is 67.6 Å². The highest BCUT2D eigenvalue weighted by Gasteiger charge is 2.11. The molecule has 0 spiro atoms. The largest absolute Gasteiger partial charge is 0.307 e. The molecule has 2 heteroatoms. The second-order valence-corrected chi connectivity index (χ2v) is 5.46. The topological polar surface area (TPSA) is 23.9 Å². The van der Waals surface area contributed by atoms with E-state index in [0.29, 0.717) is 5.92 Å². The fourth-order valence-corrected chi connectivity index (χ4v) is 2.19. The first-order chi connectivity index (χ1) is 10.6. The Kier molecular flexibility index (Phi) is 8.13. The molecule has 0 amide bonds. The van der Waals surface area contributed by atoms with Gasteiger partial charge in [-0.1, -0.05) is 74.0 Å². The molecule has 118 valence electrons.